The first kappa shape index (κ1) is 61.8. The number of aryl methyl sites for hydroxylation is 2. The molecule has 11 rings (SSSR count). The minimum Gasteiger partial charge on any atom is -0.372 e. The summed E-state index contributed by atoms with van der Waals surface area (Å²) in [5, 5.41) is 0. The van der Waals surface area contributed by atoms with Crippen LogP contribution in [-0.2, 0) is 47.9 Å². The van der Waals surface area contributed by atoms with Crippen LogP contribution in [0, 0.1) is 19.3 Å². The third kappa shape index (κ3) is 12.3. The Kier molecular flexibility index (Phi) is 17.9. The van der Waals surface area contributed by atoms with E-state index in [1.54, 1.807) is 97.9 Å². The van der Waals surface area contributed by atoms with Crippen molar-refractivity contribution in [1.29, 1.82) is 0 Å². The fraction of sp³-hybridized carbons (Fsp3) is 0.218. The van der Waals surface area contributed by atoms with Gasteiger partial charge in [-0.15, -0.1) is 0 Å². The van der Waals surface area contributed by atoms with E-state index in [1.807, 2.05) is 113 Å². The van der Waals surface area contributed by atoms with Crippen molar-refractivity contribution in [3.8, 4) is 33.4 Å². The zero-order valence-electron chi connectivity index (χ0n) is 51.1. The quantitative estimate of drug-likeness (QED) is 0.0217. The molecule has 0 aromatic heterocycles. The maximum Gasteiger partial charge on any atom is 0.231 e. The number of hydrogen-bond donors (Lipinski definition) is 0. The van der Waals surface area contributed by atoms with Crippen LogP contribution >= 0.6 is 0 Å². The summed E-state index contributed by atoms with van der Waals surface area (Å²) in [5.41, 5.74) is 16.3. The monoisotopic (exact) mass is 1190 g/mol. The van der Waals surface area contributed by atoms with Crippen LogP contribution < -0.4 is 0 Å². The van der Waals surface area contributed by atoms with Crippen LogP contribution in [0.4, 0.5) is 0 Å². The van der Waals surface area contributed by atoms with Crippen molar-refractivity contribution in [2.24, 2.45) is 5.41 Å². The molecule has 12 nitrogen and oxygen atoms in total. The third-order valence-electron chi connectivity index (χ3n) is 17.8. The van der Waals surface area contributed by atoms with Gasteiger partial charge in [-0.2, -0.15) is 0 Å². The van der Waals surface area contributed by atoms with Crippen LogP contribution in [0.5, 0.6) is 0 Å². The lowest BCUT2D eigenvalue weighted by Gasteiger charge is -2.31. The highest BCUT2D eigenvalue weighted by atomic mass is 16.5. The molecule has 3 aliphatic carbocycles. The lowest BCUT2D eigenvalue weighted by molar-refractivity contribution is -0.129. The maximum atomic E-state index is 13.8. The Bertz CT molecular complexity index is 4240. The number of ether oxygens (including phenoxy) is 3. The Balaban J connectivity index is 0.744. The van der Waals surface area contributed by atoms with Crippen molar-refractivity contribution < 1.29 is 57.4 Å². The largest absolute Gasteiger partial charge is 0.372 e. The van der Waals surface area contributed by atoms with Crippen molar-refractivity contribution >= 4 is 52.0 Å². The molecule has 0 fully saturated rings. The molecule has 0 saturated heterocycles. The van der Waals surface area contributed by atoms with Gasteiger partial charge in [0.2, 0.25) is 34.7 Å². The van der Waals surface area contributed by atoms with E-state index >= 15 is 0 Å². The summed E-state index contributed by atoms with van der Waals surface area (Å²) in [6.45, 7) is 8.57. The highest BCUT2D eigenvalue weighted by Crippen LogP contribution is 2.41. The molecule has 0 unspecified atom stereocenters. The lowest BCUT2D eigenvalue weighted by Crippen LogP contribution is -2.39. The first-order chi connectivity index (χ1) is 43.4. The van der Waals surface area contributed by atoms with E-state index in [9.17, 15) is 43.2 Å². The number of fused-ring (bicyclic) bond motifs is 9. The molecule has 0 atom stereocenters. The average molecular weight is 1200 g/mol. The van der Waals surface area contributed by atoms with Crippen LogP contribution in [0.3, 0.4) is 0 Å². The number of ketones is 9. The molecule has 0 N–H and O–H groups in total. The second-order valence-corrected chi connectivity index (χ2v) is 23.6. The molecular formula is C78H66O12. The maximum absolute atomic E-state index is 13.8. The van der Waals surface area contributed by atoms with Gasteiger partial charge < -0.3 is 14.2 Å². The Hall–Kier alpha value is -9.85. The van der Waals surface area contributed by atoms with Crippen molar-refractivity contribution in [1.82, 2.24) is 0 Å². The smallest absolute Gasteiger partial charge is 0.231 e. The van der Waals surface area contributed by atoms with E-state index in [-0.39, 0.29) is 60.3 Å². The lowest BCUT2D eigenvalue weighted by atomic mass is 9.88. The van der Waals surface area contributed by atoms with Gasteiger partial charge in [0.05, 0.1) is 19.8 Å². The van der Waals surface area contributed by atoms with Crippen LogP contribution in [0.2, 0.25) is 0 Å². The summed E-state index contributed by atoms with van der Waals surface area (Å²) in [6, 6.07) is 46.9. The predicted molar refractivity (Wildman–Crippen MR) is 344 cm³/mol. The van der Waals surface area contributed by atoms with Gasteiger partial charge in [0.15, 0.2) is 17.3 Å². The van der Waals surface area contributed by atoms with Crippen molar-refractivity contribution in [2.75, 3.05) is 39.6 Å². The Morgan fingerprint density at radius 2 is 0.678 bits per heavy atom. The third-order valence-corrected chi connectivity index (χ3v) is 17.8. The van der Waals surface area contributed by atoms with E-state index in [0.717, 1.165) is 83.5 Å². The normalized spacial score (nSPS) is 12.7. The number of hydrogen-bond acceptors (Lipinski definition) is 12. The molecule has 0 bridgehead atoms. The number of Topliss-reactive ketones (excluding diaryl/α,β-unsaturated/α-hetero) is 7. The first-order valence-electron chi connectivity index (χ1n) is 30.2. The van der Waals surface area contributed by atoms with Crippen molar-refractivity contribution in [3.05, 3.63) is 270 Å². The number of allylic oxidation sites excluding steroid dienone is 4. The summed E-state index contributed by atoms with van der Waals surface area (Å²) in [5.74, 6) is -5.04. The molecule has 0 heterocycles. The molecule has 90 heavy (non-hydrogen) atoms. The first-order valence-corrected chi connectivity index (χ1v) is 30.2. The molecule has 0 radical (unpaired) electrons. The van der Waals surface area contributed by atoms with E-state index in [2.05, 4.69) is 0 Å². The highest BCUT2D eigenvalue weighted by molar-refractivity contribution is 6.45. The van der Waals surface area contributed by atoms with Crippen LogP contribution in [-0.4, -0.2) is 91.7 Å². The summed E-state index contributed by atoms with van der Waals surface area (Å²) < 4.78 is 18.0. The Morgan fingerprint density at radius 1 is 0.389 bits per heavy atom. The molecule has 3 aliphatic rings. The molecule has 8 aromatic rings. The van der Waals surface area contributed by atoms with Crippen molar-refractivity contribution in [2.45, 2.75) is 67.2 Å². The summed E-state index contributed by atoms with van der Waals surface area (Å²) in [6.07, 6.45) is 5.32. The summed E-state index contributed by atoms with van der Waals surface area (Å²) in [4.78, 5) is 123. The second kappa shape index (κ2) is 26.1. The number of rotatable bonds is 26. The predicted octanol–water partition coefficient (Wildman–Crippen LogP) is 13.7. The molecule has 0 amide bonds. The minimum atomic E-state index is -1.16. The number of carbonyl (C=O) groups is 9. The number of carbonyl (C=O) groups excluding carboxylic acids is 9. The second-order valence-electron chi connectivity index (χ2n) is 23.6. The Labute approximate surface area is 522 Å². The van der Waals surface area contributed by atoms with E-state index < -0.39 is 59.9 Å². The van der Waals surface area contributed by atoms with Crippen LogP contribution in [0.15, 0.2) is 181 Å². The molecular weight excluding hydrogens is 1130 g/mol. The zero-order chi connectivity index (χ0) is 63.5. The molecule has 450 valence electrons. The van der Waals surface area contributed by atoms with E-state index in [4.69, 9.17) is 14.2 Å². The van der Waals surface area contributed by atoms with E-state index in [1.165, 1.54) is 0 Å². The summed E-state index contributed by atoms with van der Waals surface area (Å²) in [7, 11) is 0. The average Bonchev–Trinajstić information content (AvgIpc) is 1.65. The topological polar surface area (TPSA) is 181 Å². The van der Waals surface area contributed by atoms with Crippen LogP contribution in [0.1, 0.15) is 152 Å². The van der Waals surface area contributed by atoms with Gasteiger partial charge in [0, 0.05) is 55.5 Å². The molecule has 8 aromatic carbocycles. The van der Waals surface area contributed by atoms with Gasteiger partial charge in [-0.3, -0.25) is 43.2 Å². The fourth-order valence-corrected chi connectivity index (χ4v) is 12.5. The molecule has 12 heteroatoms. The standard InChI is InChI=1S/C78H66O12/c1-7-45(4)60(8-2)72(82)48-18-24-63-54(30-48)36-57-33-51(21-27-66(57)63)75(85)69(79)39-88-42-78(9-3,43-89-40-70(80)76(86)52-22-28-67-58(34-52)37-55-31-49(19-25-64(55)67)73(83)61-16-12-10-14-46(61)5)44-90-41-71(81)77(87)53-23-29-68-59(35-53)38-56-32-50(20-26-65(56)68)74(84)62-17-13-11-15-47(62)6/h7-8,10-35H,9,36-44H2,1-6H3/b45-7-,60-8+. The fourth-order valence-electron chi connectivity index (χ4n) is 12.5. The van der Waals surface area contributed by atoms with Gasteiger partial charge in [0.25, 0.3) is 0 Å². The van der Waals surface area contributed by atoms with Gasteiger partial charge in [-0.25, -0.2) is 0 Å². The van der Waals surface area contributed by atoms with Crippen LogP contribution in [0.25, 0.3) is 33.4 Å². The number of benzene rings is 8. The highest BCUT2D eigenvalue weighted by Gasteiger charge is 2.34. The van der Waals surface area contributed by atoms with Gasteiger partial charge >= 0.3 is 0 Å². The minimum absolute atomic E-state index is 0.0849. The van der Waals surface area contributed by atoms with Gasteiger partial charge in [0.1, 0.15) is 19.8 Å². The van der Waals surface area contributed by atoms with E-state index in [0.29, 0.717) is 52.7 Å². The molecule has 0 saturated carbocycles. The van der Waals surface area contributed by atoms with Crippen molar-refractivity contribution in [3.63, 3.8) is 0 Å². The van der Waals surface area contributed by atoms with Gasteiger partial charge in [-0.05, 0) is 180 Å². The van der Waals surface area contributed by atoms with Gasteiger partial charge in [-0.1, -0.05) is 140 Å². The SMILES string of the molecule is C/C=C(C)\C(=C/C)C(=O)c1ccc2c(c1)Cc1cc(C(=O)C(=O)COCC(CC)(COCC(=O)C(=O)c3ccc4c(c3)Cc3cc(C(=O)c5ccccc5C)ccc3-4)COCC(=O)C(=O)c3ccc4c(c3)Cc3cc(C(=O)c5ccccc5C)ccc3-4)ccc1-2. The Morgan fingerprint density at radius 3 is 0.967 bits per heavy atom. The zero-order valence-corrected chi connectivity index (χ0v) is 51.1. The molecule has 0 aliphatic heterocycles. The summed E-state index contributed by atoms with van der Waals surface area (Å²) >= 11 is 0. The molecule has 0 spiro atoms.